The highest BCUT2D eigenvalue weighted by molar-refractivity contribution is 9.10. The van der Waals surface area contributed by atoms with Crippen LogP contribution in [0.25, 0.3) is 0 Å². The van der Waals surface area contributed by atoms with Crippen molar-refractivity contribution in [3.63, 3.8) is 0 Å². The molecule has 2 aromatic rings. The van der Waals surface area contributed by atoms with Crippen LogP contribution in [-0.2, 0) is 0 Å². The van der Waals surface area contributed by atoms with Crippen LogP contribution in [-0.4, -0.2) is 16.7 Å². The first-order valence-corrected chi connectivity index (χ1v) is 7.62. The molecule has 116 valence electrons. The summed E-state index contributed by atoms with van der Waals surface area (Å²) in [4.78, 5) is 36.6. The Kier molecular flexibility index (Phi) is 3.69. The van der Waals surface area contributed by atoms with Crippen LogP contribution < -0.4 is 4.90 Å². The fourth-order valence-electron chi connectivity index (χ4n) is 2.52. The third-order valence-electron chi connectivity index (χ3n) is 3.64. The Balaban J connectivity index is 2.21. The summed E-state index contributed by atoms with van der Waals surface area (Å²) in [5, 5.41) is 11.5. The summed E-state index contributed by atoms with van der Waals surface area (Å²) >= 11 is 9.41. The van der Waals surface area contributed by atoms with E-state index in [0.29, 0.717) is 20.7 Å². The minimum Gasteiger partial charge on any atom is -0.268 e. The summed E-state index contributed by atoms with van der Waals surface area (Å²) in [7, 11) is 0. The van der Waals surface area contributed by atoms with Gasteiger partial charge in [0, 0.05) is 10.5 Å². The van der Waals surface area contributed by atoms with Crippen LogP contribution in [0.4, 0.5) is 11.4 Å². The number of imide groups is 1. The molecule has 0 radical (unpaired) electrons. The van der Waals surface area contributed by atoms with E-state index in [4.69, 9.17) is 11.6 Å². The number of benzene rings is 2. The molecule has 0 spiro atoms. The number of halogens is 2. The monoisotopic (exact) mass is 394 g/mol. The van der Waals surface area contributed by atoms with E-state index >= 15 is 0 Å². The SMILES string of the molecule is Cc1c(N2C(=O)c3cccc([N+](=O)[O-])c3C2=O)ccc(Br)c1Cl. The normalized spacial score (nSPS) is 13.4. The molecular weight excluding hydrogens is 388 g/mol. The van der Waals surface area contributed by atoms with Crippen LogP contribution >= 0.6 is 27.5 Å². The first-order chi connectivity index (χ1) is 10.8. The fourth-order valence-corrected chi connectivity index (χ4v) is 3.11. The highest BCUT2D eigenvalue weighted by Gasteiger charge is 2.42. The number of carbonyl (C=O) groups excluding carboxylic acids is 2. The molecule has 1 aliphatic heterocycles. The van der Waals surface area contributed by atoms with Gasteiger partial charge in [-0.25, -0.2) is 4.90 Å². The summed E-state index contributed by atoms with van der Waals surface area (Å²) in [6.45, 7) is 1.67. The molecule has 3 rings (SSSR count). The Morgan fingerprint density at radius 2 is 1.87 bits per heavy atom. The zero-order valence-electron chi connectivity index (χ0n) is 11.7. The summed E-state index contributed by atoms with van der Waals surface area (Å²) in [5.41, 5.74) is 0.268. The molecule has 0 bridgehead atoms. The van der Waals surface area contributed by atoms with Crippen molar-refractivity contribution in [2.45, 2.75) is 6.92 Å². The predicted octanol–water partition coefficient (Wildman–Crippen LogP) is 4.12. The molecule has 23 heavy (non-hydrogen) atoms. The van der Waals surface area contributed by atoms with Crippen LogP contribution in [0.5, 0.6) is 0 Å². The van der Waals surface area contributed by atoms with Gasteiger partial charge in [-0.05, 0) is 46.6 Å². The number of nitrogens with zero attached hydrogens (tertiary/aromatic N) is 2. The average molecular weight is 396 g/mol. The number of fused-ring (bicyclic) bond motifs is 1. The maximum Gasteiger partial charge on any atom is 0.283 e. The average Bonchev–Trinajstić information content (AvgIpc) is 2.77. The van der Waals surface area contributed by atoms with Gasteiger partial charge in [0.2, 0.25) is 0 Å². The molecule has 0 N–H and O–H groups in total. The molecule has 0 saturated heterocycles. The molecular formula is C15H8BrClN2O4. The van der Waals surface area contributed by atoms with Gasteiger partial charge in [0.1, 0.15) is 5.56 Å². The number of nitro groups is 1. The van der Waals surface area contributed by atoms with Gasteiger partial charge in [-0.15, -0.1) is 0 Å². The number of carbonyl (C=O) groups is 2. The number of hydrogen-bond acceptors (Lipinski definition) is 4. The van der Waals surface area contributed by atoms with E-state index < -0.39 is 16.7 Å². The second-order valence-corrected chi connectivity index (χ2v) is 6.14. The summed E-state index contributed by atoms with van der Waals surface area (Å²) in [6.07, 6.45) is 0. The Morgan fingerprint density at radius 3 is 2.52 bits per heavy atom. The van der Waals surface area contributed by atoms with Crippen LogP contribution in [0.3, 0.4) is 0 Å². The molecule has 1 heterocycles. The lowest BCUT2D eigenvalue weighted by molar-refractivity contribution is -0.385. The minimum absolute atomic E-state index is 0.0163. The third kappa shape index (κ3) is 2.24. The molecule has 8 heteroatoms. The molecule has 0 atom stereocenters. The molecule has 0 aliphatic carbocycles. The largest absolute Gasteiger partial charge is 0.283 e. The van der Waals surface area contributed by atoms with Gasteiger partial charge in [0.25, 0.3) is 17.5 Å². The van der Waals surface area contributed by atoms with E-state index in [-0.39, 0.29) is 16.8 Å². The van der Waals surface area contributed by atoms with E-state index in [1.807, 2.05) is 0 Å². The van der Waals surface area contributed by atoms with Gasteiger partial charge in [0.15, 0.2) is 0 Å². The second-order valence-electron chi connectivity index (χ2n) is 4.91. The first kappa shape index (κ1) is 15.6. The molecule has 0 saturated carbocycles. The summed E-state index contributed by atoms with van der Waals surface area (Å²) in [5.74, 6) is -1.33. The molecule has 0 aromatic heterocycles. The van der Waals surface area contributed by atoms with Crippen LogP contribution in [0.1, 0.15) is 26.3 Å². The molecule has 2 amide bonds. The van der Waals surface area contributed by atoms with Gasteiger partial charge < -0.3 is 0 Å². The van der Waals surface area contributed by atoms with E-state index in [0.717, 1.165) is 4.90 Å². The lowest BCUT2D eigenvalue weighted by Crippen LogP contribution is -2.30. The number of rotatable bonds is 2. The van der Waals surface area contributed by atoms with Crippen LogP contribution in [0.15, 0.2) is 34.8 Å². The first-order valence-electron chi connectivity index (χ1n) is 6.45. The van der Waals surface area contributed by atoms with Crippen molar-refractivity contribution >= 4 is 50.7 Å². The minimum atomic E-state index is -0.723. The Bertz CT molecular complexity index is 897. The Labute approximate surface area is 143 Å². The molecule has 0 fully saturated rings. The number of amides is 2. The van der Waals surface area contributed by atoms with Crippen LogP contribution in [0.2, 0.25) is 5.02 Å². The quantitative estimate of drug-likeness (QED) is 0.435. The molecule has 1 aliphatic rings. The lowest BCUT2D eigenvalue weighted by Gasteiger charge is -2.17. The van der Waals surface area contributed by atoms with Crippen molar-refractivity contribution in [3.8, 4) is 0 Å². The Morgan fingerprint density at radius 1 is 1.17 bits per heavy atom. The third-order valence-corrected chi connectivity index (χ3v) is 5.02. The fraction of sp³-hybridized carbons (Fsp3) is 0.0667. The highest BCUT2D eigenvalue weighted by Crippen LogP contribution is 2.38. The Hall–Kier alpha value is -2.25. The number of hydrogen-bond donors (Lipinski definition) is 0. The predicted molar refractivity (Wildman–Crippen MR) is 88.1 cm³/mol. The molecule has 6 nitrogen and oxygen atoms in total. The second kappa shape index (κ2) is 5.43. The standard InChI is InChI=1S/C15H8BrClN2O4/c1-7-10(6-5-9(16)13(7)17)18-14(20)8-3-2-4-11(19(22)23)12(8)15(18)21/h2-6H,1H3. The zero-order valence-corrected chi connectivity index (χ0v) is 14.0. The lowest BCUT2D eigenvalue weighted by atomic mass is 10.1. The summed E-state index contributed by atoms with van der Waals surface area (Å²) in [6, 6.07) is 7.17. The van der Waals surface area contributed by atoms with E-state index in [1.54, 1.807) is 19.1 Å². The van der Waals surface area contributed by atoms with E-state index in [2.05, 4.69) is 15.9 Å². The molecule has 2 aromatic carbocycles. The highest BCUT2D eigenvalue weighted by atomic mass is 79.9. The van der Waals surface area contributed by atoms with Gasteiger partial charge in [0.05, 0.1) is 21.2 Å². The number of anilines is 1. The van der Waals surface area contributed by atoms with Crippen molar-refractivity contribution in [2.75, 3.05) is 4.90 Å². The van der Waals surface area contributed by atoms with Crippen molar-refractivity contribution in [1.82, 2.24) is 0 Å². The zero-order chi connectivity index (χ0) is 16.9. The smallest absolute Gasteiger partial charge is 0.268 e. The van der Waals surface area contributed by atoms with Crippen molar-refractivity contribution in [1.29, 1.82) is 0 Å². The summed E-state index contributed by atoms with van der Waals surface area (Å²) < 4.78 is 0.628. The van der Waals surface area contributed by atoms with Crippen molar-refractivity contribution in [2.24, 2.45) is 0 Å². The van der Waals surface area contributed by atoms with E-state index in [9.17, 15) is 19.7 Å². The maximum atomic E-state index is 12.6. The topological polar surface area (TPSA) is 80.5 Å². The van der Waals surface area contributed by atoms with Gasteiger partial charge in [-0.2, -0.15) is 0 Å². The molecule has 0 unspecified atom stereocenters. The number of nitro benzene ring substituents is 1. The van der Waals surface area contributed by atoms with E-state index in [1.165, 1.54) is 18.2 Å². The van der Waals surface area contributed by atoms with Gasteiger partial charge >= 0.3 is 0 Å². The van der Waals surface area contributed by atoms with Crippen LogP contribution in [0, 0.1) is 17.0 Å². The van der Waals surface area contributed by atoms with Crippen molar-refractivity contribution in [3.05, 3.63) is 66.6 Å². The maximum absolute atomic E-state index is 12.6. The van der Waals surface area contributed by atoms with Crippen molar-refractivity contribution < 1.29 is 14.5 Å². The van der Waals surface area contributed by atoms with Gasteiger partial charge in [-0.3, -0.25) is 19.7 Å². The van der Waals surface area contributed by atoms with Gasteiger partial charge in [-0.1, -0.05) is 17.7 Å².